The molecule has 0 unspecified atom stereocenters. The van der Waals surface area contributed by atoms with Gasteiger partial charge < -0.3 is 0 Å². The minimum absolute atomic E-state index is 0.118. The molecule has 0 heterocycles. The van der Waals surface area contributed by atoms with E-state index >= 15 is 0 Å². The van der Waals surface area contributed by atoms with Gasteiger partial charge in [-0.25, -0.2) is 13.1 Å². The van der Waals surface area contributed by atoms with E-state index in [4.69, 9.17) is 0 Å². The van der Waals surface area contributed by atoms with Crippen molar-refractivity contribution in [3.63, 3.8) is 0 Å². The highest BCUT2D eigenvalue weighted by atomic mass is 32.2. The van der Waals surface area contributed by atoms with E-state index in [-0.39, 0.29) is 16.7 Å². The first-order valence-electron chi connectivity index (χ1n) is 6.59. The molecular weight excluding hydrogens is 296 g/mol. The molecule has 1 aliphatic carbocycles. The highest BCUT2D eigenvalue weighted by Gasteiger charge is 2.31. The molecular formula is C13H16N2O5S. The molecule has 0 amide bonds. The SMILES string of the molecule is Cc1cccc([N+](=O)[O-])c1S(=O)(=O)NC1CCC(=O)CC1. The maximum absolute atomic E-state index is 12.4. The first-order valence-corrected chi connectivity index (χ1v) is 8.07. The van der Waals surface area contributed by atoms with Gasteiger partial charge in [0.25, 0.3) is 5.69 Å². The molecule has 0 spiro atoms. The fourth-order valence-electron chi connectivity index (χ4n) is 2.47. The van der Waals surface area contributed by atoms with Gasteiger partial charge in [0, 0.05) is 24.9 Å². The molecule has 1 saturated carbocycles. The molecule has 21 heavy (non-hydrogen) atoms. The van der Waals surface area contributed by atoms with Gasteiger partial charge in [0.15, 0.2) is 4.90 Å². The maximum Gasteiger partial charge on any atom is 0.289 e. The summed E-state index contributed by atoms with van der Waals surface area (Å²) in [6.45, 7) is 1.52. The second-order valence-electron chi connectivity index (χ2n) is 5.11. The smallest absolute Gasteiger partial charge is 0.289 e. The van der Waals surface area contributed by atoms with Crippen LogP contribution in [0.1, 0.15) is 31.2 Å². The van der Waals surface area contributed by atoms with Crippen LogP contribution < -0.4 is 4.72 Å². The van der Waals surface area contributed by atoms with Gasteiger partial charge in [-0.15, -0.1) is 0 Å². The number of nitrogens with zero attached hydrogens (tertiary/aromatic N) is 1. The van der Waals surface area contributed by atoms with Crippen LogP contribution in [0.25, 0.3) is 0 Å². The Bertz CT molecular complexity index is 674. The zero-order valence-corrected chi connectivity index (χ0v) is 12.4. The van der Waals surface area contributed by atoms with Crippen LogP contribution in [0.4, 0.5) is 5.69 Å². The zero-order valence-electron chi connectivity index (χ0n) is 11.5. The number of nitrogens with one attached hydrogen (secondary N) is 1. The number of carbonyl (C=O) groups is 1. The van der Waals surface area contributed by atoms with E-state index in [1.807, 2.05) is 0 Å². The number of benzene rings is 1. The number of ketones is 1. The minimum Gasteiger partial charge on any atom is -0.300 e. The van der Waals surface area contributed by atoms with Gasteiger partial charge in [0.05, 0.1) is 4.92 Å². The fraction of sp³-hybridized carbons (Fsp3) is 0.462. The summed E-state index contributed by atoms with van der Waals surface area (Å²) in [5, 5.41) is 11.0. The molecule has 0 atom stereocenters. The molecule has 2 rings (SSSR count). The number of nitro benzene ring substituents is 1. The van der Waals surface area contributed by atoms with E-state index in [2.05, 4.69) is 4.72 Å². The number of hydrogen-bond donors (Lipinski definition) is 1. The Morgan fingerprint density at radius 1 is 1.29 bits per heavy atom. The number of sulfonamides is 1. The van der Waals surface area contributed by atoms with Crippen molar-refractivity contribution in [2.45, 2.75) is 43.5 Å². The normalized spacial score (nSPS) is 16.9. The zero-order chi connectivity index (χ0) is 15.6. The highest BCUT2D eigenvalue weighted by molar-refractivity contribution is 7.89. The van der Waals surface area contributed by atoms with E-state index in [1.54, 1.807) is 0 Å². The van der Waals surface area contributed by atoms with Crippen LogP contribution in [-0.2, 0) is 14.8 Å². The van der Waals surface area contributed by atoms with Crippen LogP contribution in [0.2, 0.25) is 0 Å². The Labute approximate surface area is 122 Å². The molecule has 1 fully saturated rings. The van der Waals surface area contributed by atoms with Gasteiger partial charge in [0.2, 0.25) is 10.0 Å². The first kappa shape index (κ1) is 15.6. The fourth-order valence-corrected chi connectivity index (χ4v) is 4.17. The average molecular weight is 312 g/mol. The van der Waals surface area contributed by atoms with E-state index in [1.165, 1.54) is 25.1 Å². The lowest BCUT2D eigenvalue weighted by molar-refractivity contribution is -0.387. The van der Waals surface area contributed by atoms with Gasteiger partial charge >= 0.3 is 0 Å². The summed E-state index contributed by atoms with van der Waals surface area (Å²) in [4.78, 5) is 21.2. The van der Waals surface area contributed by atoms with Crippen LogP contribution in [-0.4, -0.2) is 25.2 Å². The van der Waals surface area contributed by atoms with Crippen LogP contribution in [0, 0.1) is 17.0 Å². The molecule has 8 heteroatoms. The summed E-state index contributed by atoms with van der Waals surface area (Å²) in [6, 6.07) is 3.79. The average Bonchev–Trinajstić information content (AvgIpc) is 2.40. The van der Waals surface area contributed by atoms with Crippen LogP contribution >= 0.6 is 0 Å². The Hall–Kier alpha value is -1.80. The Kier molecular flexibility index (Phi) is 4.38. The Morgan fingerprint density at radius 3 is 2.48 bits per heavy atom. The van der Waals surface area contributed by atoms with Crippen molar-refractivity contribution in [2.24, 2.45) is 0 Å². The van der Waals surface area contributed by atoms with Crippen molar-refractivity contribution in [3.05, 3.63) is 33.9 Å². The summed E-state index contributed by atoms with van der Waals surface area (Å²) >= 11 is 0. The topological polar surface area (TPSA) is 106 Å². The lowest BCUT2D eigenvalue weighted by atomic mass is 9.95. The van der Waals surface area contributed by atoms with Crippen LogP contribution in [0.15, 0.2) is 23.1 Å². The molecule has 0 aromatic heterocycles. The molecule has 7 nitrogen and oxygen atoms in total. The molecule has 1 aromatic rings. The van der Waals surface area contributed by atoms with Crippen molar-refractivity contribution in [1.29, 1.82) is 0 Å². The molecule has 1 aromatic carbocycles. The van der Waals surface area contributed by atoms with Gasteiger partial charge in [-0.3, -0.25) is 14.9 Å². The van der Waals surface area contributed by atoms with E-state index in [0.29, 0.717) is 31.2 Å². The van der Waals surface area contributed by atoms with Gasteiger partial charge in [0.1, 0.15) is 5.78 Å². The molecule has 1 aliphatic rings. The van der Waals surface area contributed by atoms with Gasteiger partial charge in [-0.2, -0.15) is 0 Å². The number of aryl methyl sites for hydroxylation is 1. The quantitative estimate of drug-likeness (QED) is 0.672. The van der Waals surface area contributed by atoms with E-state index in [9.17, 15) is 23.3 Å². The Balaban J connectivity index is 2.32. The Morgan fingerprint density at radius 2 is 1.90 bits per heavy atom. The molecule has 114 valence electrons. The van der Waals surface area contributed by atoms with Crippen LogP contribution in [0.5, 0.6) is 0 Å². The summed E-state index contributed by atoms with van der Waals surface area (Å²) < 4.78 is 27.3. The number of Topliss-reactive ketones (excluding diaryl/α,β-unsaturated/α-hetero) is 1. The standard InChI is InChI=1S/C13H16N2O5S/c1-9-3-2-4-12(15(17)18)13(9)21(19,20)14-10-5-7-11(16)8-6-10/h2-4,10,14H,5-8H2,1H3. The first-order chi connectivity index (χ1) is 9.81. The number of carbonyl (C=O) groups excluding carboxylic acids is 1. The number of rotatable bonds is 4. The van der Waals surface area contributed by atoms with Gasteiger partial charge in [-0.1, -0.05) is 12.1 Å². The summed E-state index contributed by atoms with van der Waals surface area (Å²) in [5.41, 5.74) is -0.113. The summed E-state index contributed by atoms with van der Waals surface area (Å²) in [7, 11) is -3.99. The third kappa shape index (κ3) is 3.45. The van der Waals surface area contributed by atoms with Crippen molar-refractivity contribution in [1.82, 2.24) is 4.72 Å². The van der Waals surface area contributed by atoms with E-state index in [0.717, 1.165) is 0 Å². The predicted molar refractivity (Wildman–Crippen MR) is 75.4 cm³/mol. The summed E-state index contributed by atoms with van der Waals surface area (Å²) in [5.74, 6) is 0.118. The minimum atomic E-state index is -3.99. The van der Waals surface area contributed by atoms with Crippen molar-refractivity contribution < 1.29 is 18.1 Å². The lowest BCUT2D eigenvalue weighted by Crippen LogP contribution is -2.38. The lowest BCUT2D eigenvalue weighted by Gasteiger charge is -2.22. The molecule has 0 bridgehead atoms. The molecule has 0 aliphatic heterocycles. The molecule has 0 saturated heterocycles. The molecule has 1 N–H and O–H groups in total. The van der Waals surface area contributed by atoms with Crippen molar-refractivity contribution in [3.8, 4) is 0 Å². The summed E-state index contributed by atoms with van der Waals surface area (Å²) in [6.07, 6.45) is 1.53. The van der Waals surface area contributed by atoms with Crippen molar-refractivity contribution in [2.75, 3.05) is 0 Å². The molecule has 0 radical (unpaired) electrons. The maximum atomic E-state index is 12.4. The second kappa shape index (κ2) is 5.90. The van der Waals surface area contributed by atoms with Gasteiger partial charge in [-0.05, 0) is 25.3 Å². The van der Waals surface area contributed by atoms with Crippen LogP contribution in [0.3, 0.4) is 0 Å². The van der Waals surface area contributed by atoms with E-state index < -0.39 is 20.6 Å². The largest absolute Gasteiger partial charge is 0.300 e. The monoisotopic (exact) mass is 312 g/mol. The third-order valence-electron chi connectivity index (χ3n) is 3.52. The predicted octanol–water partition coefficient (Wildman–Crippen LogP) is 1.69. The highest BCUT2D eigenvalue weighted by Crippen LogP contribution is 2.28. The number of nitro groups is 1. The third-order valence-corrected chi connectivity index (χ3v) is 5.23. The number of hydrogen-bond acceptors (Lipinski definition) is 5. The van der Waals surface area contributed by atoms with Crippen molar-refractivity contribution >= 4 is 21.5 Å². The second-order valence-corrected chi connectivity index (χ2v) is 6.77.